The summed E-state index contributed by atoms with van der Waals surface area (Å²) >= 11 is 5.94. The highest BCUT2D eigenvalue weighted by Gasteiger charge is 2.25. The number of aromatic nitrogens is 1. The van der Waals surface area contributed by atoms with Gasteiger partial charge in [0.2, 0.25) is 0 Å². The maximum atomic E-state index is 14.2. The van der Waals surface area contributed by atoms with Gasteiger partial charge < -0.3 is 4.52 Å². The van der Waals surface area contributed by atoms with Crippen molar-refractivity contribution in [3.05, 3.63) is 58.8 Å². The summed E-state index contributed by atoms with van der Waals surface area (Å²) in [6.45, 7) is -1.07. The van der Waals surface area contributed by atoms with Crippen molar-refractivity contribution in [2.75, 3.05) is 6.26 Å². The largest absolute Gasteiger partial charge is 0.357 e. The number of hydrogen-bond acceptors (Lipinski definition) is 4. The van der Waals surface area contributed by atoms with E-state index in [4.69, 9.17) is 16.1 Å². The Labute approximate surface area is 152 Å². The number of nitrogens with zero attached hydrogens (tertiary/aromatic N) is 1. The quantitative estimate of drug-likeness (QED) is 0.629. The van der Waals surface area contributed by atoms with Gasteiger partial charge in [0.05, 0.1) is 5.56 Å². The van der Waals surface area contributed by atoms with E-state index in [9.17, 15) is 21.6 Å². The Bertz CT molecular complexity index is 1070. The van der Waals surface area contributed by atoms with Gasteiger partial charge in [-0.15, -0.1) is 0 Å². The van der Waals surface area contributed by atoms with Crippen LogP contribution in [0.25, 0.3) is 22.4 Å². The fraction of sp³-hybridized carbons (Fsp3) is 0.118. The van der Waals surface area contributed by atoms with Crippen LogP contribution < -0.4 is 0 Å². The second-order valence-corrected chi connectivity index (χ2v) is 7.90. The van der Waals surface area contributed by atoms with Crippen molar-refractivity contribution >= 4 is 21.4 Å². The topological polar surface area (TPSA) is 60.2 Å². The minimum Gasteiger partial charge on any atom is -0.357 e. The second kappa shape index (κ2) is 6.77. The van der Waals surface area contributed by atoms with Gasteiger partial charge in [0.15, 0.2) is 22.3 Å². The van der Waals surface area contributed by atoms with Crippen molar-refractivity contribution in [3.63, 3.8) is 0 Å². The maximum Gasteiger partial charge on any atom is 0.181 e. The summed E-state index contributed by atoms with van der Waals surface area (Å²) in [6.07, 6.45) is 0.692. The van der Waals surface area contributed by atoms with Gasteiger partial charge in [-0.25, -0.2) is 21.6 Å². The zero-order valence-electron chi connectivity index (χ0n) is 13.3. The standard InChI is InChI=1S/C17H11ClF3NO3S/c1-26(23,24)17-12(20)6-10(7-13(17)21)15-14(8-19)25-22-16(15)9-3-2-4-11(18)5-9/h2-7H,8H2,1H3. The number of benzene rings is 2. The monoisotopic (exact) mass is 401 g/mol. The summed E-state index contributed by atoms with van der Waals surface area (Å²) in [6, 6.07) is 7.99. The molecule has 1 aromatic heterocycles. The Kier molecular flexibility index (Phi) is 4.81. The van der Waals surface area contributed by atoms with E-state index < -0.39 is 33.0 Å². The first-order valence-electron chi connectivity index (χ1n) is 7.22. The SMILES string of the molecule is CS(=O)(=O)c1c(F)cc(-c2c(-c3cccc(Cl)c3)noc2CF)cc1F. The van der Waals surface area contributed by atoms with E-state index in [1.54, 1.807) is 18.2 Å². The van der Waals surface area contributed by atoms with Crippen LogP contribution in [0.2, 0.25) is 5.02 Å². The van der Waals surface area contributed by atoms with E-state index in [1.807, 2.05) is 0 Å². The molecule has 0 aliphatic rings. The van der Waals surface area contributed by atoms with Crippen LogP contribution in [0.4, 0.5) is 13.2 Å². The molecule has 0 saturated heterocycles. The molecule has 1 heterocycles. The summed E-state index contributed by atoms with van der Waals surface area (Å²) in [5, 5.41) is 4.15. The normalized spacial score (nSPS) is 11.7. The Morgan fingerprint density at radius 2 is 1.77 bits per heavy atom. The lowest BCUT2D eigenvalue weighted by Crippen LogP contribution is -2.05. The molecule has 3 aromatic rings. The van der Waals surface area contributed by atoms with E-state index in [0.29, 0.717) is 16.8 Å². The molecule has 3 rings (SSSR count). The average Bonchev–Trinajstić information content (AvgIpc) is 2.96. The maximum absolute atomic E-state index is 14.2. The third kappa shape index (κ3) is 3.34. The van der Waals surface area contributed by atoms with Gasteiger partial charge in [-0.3, -0.25) is 0 Å². The van der Waals surface area contributed by atoms with Gasteiger partial charge in [-0.2, -0.15) is 0 Å². The Morgan fingerprint density at radius 3 is 2.31 bits per heavy atom. The van der Waals surface area contributed by atoms with Crippen LogP contribution in [-0.4, -0.2) is 19.8 Å². The molecule has 0 spiro atoms. The fourth-order valence-corrected chi connectivity index (χ4v) is 3.62. The molecule has 0 N–H and O–H groups in total. The minimum absolute atomic E-state index is 0.0209. The van der Waals surface area contributed by atoms with Crippen molar-refractivity contribution in [1.29, 1.82) is 0 Å². The highest BCUT2D eigenvalue weighted by Crippen LogP contribution is 2.37. The number of alkyl halides is 1. The van der Waals surface area contributed by atoms with Crippen LogP contribution in [0.3, 0.4) is 0 Å². The first kappa shape index (κ1) is 18.5. The van der Waals surface area contributed by atoms with Gasteiger partial charge >= 0.3 is 0 Å². The lowest BCUT2D eigenvalue weighted by Gasteiger charge is -2.08. The van der Waals surface area contributed by atoms with Gasteiger partial charge in [-0.1, -0.05) is 28.9 Å². The van der Waals surface area contributed by atoms with Crippen LogP contribution in [0.1, 0.15) is 5.76 Å². The number of hydrogen-bond donors (Lipinski definition) is 0. The molecule has 0 unspecified atom stereocenters. The summed E-state index contributed by atoms with van der Waals surface area (Å²) < 4.78 is 69.8. The second-order valence-electron chi connectivity index (χ2n) is 5.51. The van der Waals surface area contributed by atoms with E-state index in [2.05, 4.69) is 5.16 Å². The first-order chi connectivity index (χ1) is 12.2. The van der Waals surface area contributed by atoms with Crippen LogP contribution in [0.15, 0.2) is 45.8 Å². The van der Waals surface area contributed by atoms with Crippen molar-refractivity contribution in [2.24, 2.45) is 0 Å². The van der Waals surface area contributed by atoms with Gasteiger partial charge in [-0.05, 0) is 29.8 Å². The highest BCUT2D eigenvalue weighted by atomic mass is 35.5. The minimum atomic E-state index is -4.11. The summed E-state index contributed by atoms with van der Waals surface area (Å²) in [5.41, 5.74) is 0.499. The molecule has 0 saturated carbocycles. The predicted molar refractivity (Wildman–Crippen MR) is 90.2 cm³/mol. The van der Waals surface area contributed by atoms with E-state index in [0.717, 1.165) is 12.1 Å². The summed E-state index contributed by atoms with van der Waals surface area (Å²) in [5.74, 6) is -2.82. The smallest absolute Gasteiger partial charge is 0.181 e. The molecule has 2 aromatic carbocycles. The molecule has 26 heavy (non-hydrogen) atoms. The Hall–Kier alpha value is -2.32. The molecule has 4 nitrogen and oxygen atoms in total. The molecule has 0 radical (unpaired) electrons. The van der Waals surface area contributed by atoms with E-state index in [1.165, 1.54) is 6.07 Å². The Balaban J connectivity index is 2.26. The highest BCUT2D eigenvalue weighted by molar-refractivity contribution is 7.90. The van der Waals surface area contributed by atoms with Crippen LogP contribution in [-0.2, 0) is 16.5 Å². The van der Waals surface area contributed by atoms with Crippen molar-refractivity contribution < 1.29 is 26.1 Å². The molecule has 0 fully saturated rings. The molecule has 0 bridgehead atoms. The van der Waals surface area contributed by atoms with E-state index >= 15 is 0 Å². The van der Waals surface area contributed by atoms with Gasteiger partial charge in [0, 0.05) is 16.8 Å². The van der Waals surface area contributed by atoms with Crippen molar-refractivity contribution in [1.82, 2.24) is 5.16 Å². The van der Waals surface area contributed by atoms with Crippen LogP contribution in [0.5, 0.6) is 0 Å². The van der Waals surface area contributed by atoms with Crippen LogP contribution in [0, 0.1) is 11.6 Å². The lowest BCUT2D eigenvalue weighted by atomic mass is 9.99. The van der Waals surface area contributed by atoms with E-state index in [-0.39, 0.29) is 22.6 Å². The zero-order chi connectivity index (χ0) is 19.1. The predicted octanol–water partition coefficient (Wildman–Crippen LogP) is 4.81. The van der Waals surface area contributed by atoms with Crippen LogP contribution >= 0.6 is 11.6 Å². The molecular formula is C17H11ClF3NO3S. The number of sulfone groups is 1. The number of halogens is 4. The molecule has 0 aliphatic heterocycles. The molecule has 0 aliphatic carbocycles. The average molecular weight is 402 g/mol. The lowest BCUT2D eigenvalue weighted by molar-refractivity contribution is 0.332. The third-order valence-electron chi connectivity index (χ3n) is 3.64. The van der Waals surface area contributed by atoms with Crippen molar-refractivity contribution in [2.45, 2.75) is 11.6 Å². The molecular weight excluding hydrogens is 391 g/mol. The molecule has 9 heteroatoms. The molecule has 0 atom stereocenters. The summed E-state index contributed by atoms with van der Waals surface area (Å²) in [4.78, 5) is -1.05. The summed E-state index contributed by atoms with van der Waals surface area (Å²) in [7, 11) is -4.11. The van der Waals surface area contributed by atoms with Crippen molar-refractivity contribution in [3.8, 4) is 22.4 Å². The zero-order valence-corrected chi connectivity index (χ0v) is 14.8. The van der Waals surface area contributed by atoms with Gasteiger partial charge in [0.25, 0.3) is 0 Å². The third-order valence-corrected chi connectivity index (χ3v) is 5.01. The first-order valence-corrected chi connectivity index (χ1v) is 9.49. The number of rotatable bonds is 4. The fourth-order valence-electron chi connectivity index (χ4n) is 2.60. The van der Waals surface area contributed by atoms with Gasteiger partial charge in [0.1, 0.15) is 22.2 Å². The molecule has 0 amide bonds. The Morgan fingerprint density at radius 1 is 1.12 bits per heavy atom. The molecule has 136 valence electrons.